The highest BCUT2D eigenvalue weighted by Crippen LogP contribution is 2.44. The molecule has 0 aromatic heterocycles. The topological polar surface area (TPSA) is 105 Å². The molecule has 1 saturated heterocycles. The van der Waals surface area contributed by atoms with Gasteiger partial charge in [-0.3, -0.25) is 4.79 Å². The number of amides is 2. The summed E-state index contributed by atoms with van der Waals surface area (Å²) in [6.45, 7) is 0.835. The summed E-state index contributed by atoms with van der Waals surface area (Å²) in [6, 6.07) is 16.0. The quantitative estimate of drug-likeness (QED) is 0.643. The van der Waals surface area contributed by atoms with Gasteiger partial charge in [0.25, 0.3) is 0 Å². The van der Waals surface area contributed by atoms with E-state index < -0.39 is 18.2 Å². The van der Waals surface area contributed by atoms with Crippen molar-refractivity contribution in [3.8, 4) is 11.1 Å². The number of hydrogen-bond donors (Lipinski definition) is 2. The number of allylic oxidation sites excluding steroid dienone is 1. The molecule has 1 aliphatic heterocycles. The van der Waals surface area contributed by atoms with Crippen molar-refractivity contribution in [1.82, 2.24) is 10.2 Å². The summed E-state index contributed by atoms with van der Waals surface area (Å²) in [5, 5.41) is 12.1. The molecule has 1 fully saturated rings. The molecule has 2 N–H and O–H groups in total. The largest absolute Gasteiger partial charge is 0.479 e. The van der Waals surface area contributed by atoms with Gasteiger partial charge in [-0.15, -0.1) is 0 Å². The molecule has 182 valence electrons. The first-order chi connectivity index (χ1) is 17.0. The molecular weight excluding hydrogens is 448 g/mol. The summed E-state index contributed by atoms with van der Waals surface area (Å²) in [6.07, 6.45) is 3.24. The Kier molecular flexibility index (Phi) is 6.55. The molecule has 1 unspecified atom stereocenters. The van der Waals surface area contributed by atoms with Crippen molar-refractivity contribution in [2.75, 3.05) is 26.3 Å². The van der Waals surface area contributed by atoms with Gasteiger partial charge in [-0.2, -0.15) is 0 Å². The lowest BCUT2D eigenvalue weighted by atomic mass is 9.89. The highest BCUT2D eigenvalue weighted by molar-refractivity contribution is 5.81. The number of benzene rings is 2. The first-order valence-electron chi connectivity index (χ1n) is 11.9. The van der Waals surface area contributed by atoms with Crippen LogP contribution in [0.25, 0.3) is 11.1 Å². The van der Waals surface area contributed by atoms with Gasteiger partial charge in [0, 0.05) is 18.4 Å². The summed E-state index contributed by atoms with van der Waals surface area (Å²) in [7, 11) is 0. The average molecular weight is 477 g/mol. The molecule has 2 amide bonds. The van der Waals surface area contributed by atoms with Crippen molar-refractivity contribution in [3.63, 3.8) is 0 Å². The predicted molar refractivity (Wildman–Crippen MR) is 128 cm³/mol. The van der Waals surface area contributed by atoms with E-state index in [0.29, 0.717) is 19.4 Å². The highest BCUT2D eigenvalue weighted by Gasteiger charge is 2.34. The van der Waals surface area contributed by atoms with Crippen LogP contribution in [0, 0.1) is 5.92 Å². The number of carboxylic acid groups (broad SMARTS) is 1. The van der Waals surface area contributed by atoms with Gasteiger partial charge in [-0.1, -0.05) is 60.7 Å². The number of nitrogens with zero attached hydrogens (tertiary/aromatic N) is 1. The lowest BCUT2D eigenvalue weighted by molar-refractivity contribution is -0.160. The molecule has 5 rings (SSSR count). The van der Waals surface area contributed by atoms with Gasteiger partial charge in [0.2, 0.25) is 5.91 Å². The van der Waals surface area contributed by atoms with E-state index in [9.17, 15) is 19.5 Å². The maximum absolute atomic E-state index is 13.0. The van der Waals surface area contributed by atoms with Crippen LogP contribution in [0.3, 0.4) is 0 Å². The van der Waals surface area contributed by atoms with Crippen LogP contribution in [-0.4, -0.2) is 66.4 Å². The predicted octanol–water partition coefficient (Wildman–Crippen LogP) is 3.17. The Morgan fingerprint density at radius 3 is 2.43 bits per heavy atom. The van der Waals surface area contributed by atoms with Crippen LogP contribution < -0.4 is 5.32 Å². The van der Waals surface area contributed by atoms with Crippen molar-refractivity contribution >= 4 is 18.0 Å². The molecule has 3 atom stereocenters. The molecule has 8 nitrogen and oxygen atoms in total. The van der Waals surface area contributed by atoms with Crippen LogP contribution in [0.4, 0.5) is 4.79 Å². The van der Waals surface area contributed by atoms with E-state index in [1.165, 1.54) is 11.1 Å². The normalized spacial score (nSPS) is 23.3. The first-order valence-corrected chi connectivity index (χ1v) is 11.9. The molecular formula is C27H28N2O6. The number of ether oxygens (including phenoxy) is 2. The highest BCUT2D eigenvalue weighted by atomic mass is 16.5. The molecule has 0 spiro atoms. The van der Waals surface area contributed by atoms with Crippen molar-refractivity contribution in [2.45, 2.75) is 30.9 Å². The molecule has 2 aromatic carbocycles. The fourth-order valence-corrected chi connectivity index (χ4v) is 5.25. The minimum atomic E-state index is -1.07. The van der Waals surface area contributed by atoms with Crippen LogP contribution in [0.1, 0.15) is 29.9 Å². The number of aliphatic carboxylic acids is 1. The molecule has 1 heterocycles. The van der Waals surface area contributed by atoms with Crippen LogP contribution >= 0.6 is 0 Å². The number of carbonyl (C=O) groups excluding carboxylic acids is 2. The maximum atomic E-state index is 13.0. The number of rotatable bonds is 5. The van der Waals surface area contributed by atoms with Gasteiger partial charge >= 0.3 is 12.1 Å². The Bertz CT molecular complexity index is 1120. The second-order valence-corrected chi connectivity index (χ2v) is 9.15. The molecule has 35 heavy (non-hydrogen) atoms. The zero-order valence-electron chi connectivity index (χ0n) is 19.3. The maximum Gasteiger partial charge on any atom is 0.407 e. The van der Waals surface area contributed by atoms with Crippen molar-refractivity contribution in [1.29, 1.82) is 0 Å². The fraction of sp³-hybridized carbons (Fsp3) is 0.370. The Morgan fingerprint density at radius 2 is 1.74 bits per heavy atom. The van der Waals surface area contributed by atoms with Crippen molar-refractivity contribution in [3.05, 3.63) is 71.8 Å². The molecule has 3 aliphatic rings. The summed E-state index contributed by atoms with van der Waals surface area (Å²) >= 11 is 0. The molecule has 8 heteroatoms. The van der Waals surface area contributed by atoms with Gasteiger partial charge < -0.3 is 24.8 Å². The third kappa shape index (κ3) is 4.79. The Balaban J connectivity index is 1.17. The second-order valence-electron chi connectivity index (χ2n) is 9.15. The van der Waals surface area contributed by atoms with E-state index >= 15 is 0 Å². The minimum absolute atomic E-state index is 0.0205. The molecule has 2 aliphatic carbocycles. The van der Waals surface area contributed by atoms with E-state index in [4.69, 9.17) is 9.47 Å². The number of carbonyl (C=O) groups is 3. The number of hydrogen-bond acceptors (Lipinski definition) is 5. The smallest absolute Gasteiger partial charge is 0.407 e. The number of morpholine rings is 1. The third-order valence-corrected chi connectivity index (χ3v) is 6.98. The number of carboxylic acids is 1. The van der Waals surface area contributed by atoms with E-state index in [0.717, 1.165) is 11.1 Å². The Morgan fingerprint density at radius 1 is 1.06 bits per heavy atom. The van der Waals surface area contributed by atoms with E-state index in [2.05, 4.69) is 29.6 Å². The van der Waals surface area contributed by atoms with Gasteiger partial charge in [-0.05, 0) is 35.1 Å². The monoisotopic (exact) mass is 476 g/mol. The molecule has 2 aromatic rings. The zero-order valence-corrected chi connectivity index (χ0v) is 19.3. The van der Waals surface area contributed by atoms with Gasteiger partial charge in [-0.25, -0.2) is 9.59 Å². The van der Waals surface area contributed by atoms with Gasteiger partial charge in [0.05, 0.1) is 19.2 Å². The van der Waals surface area contributed by atoms with E-state index in [1.807, 2.05) is 36.4 Å². The Labute approximate surface area is 203 Å². The second kappa shape index (κ2) is 9.92. The lowest BCUT2D eigenvalue weighted by Crippen LogP contribution is -2.51. The molecule has 0 saturated carbocycles. The van der Waals surface area contributed by atoms with Crippen LogP contribution in [0.2, 0.25) is 0 Å². The number of nitrogens with one attached hydrogen (secondary N) is 1. The van der Waals surface area contributed by atoms with Gasteiger partial charge in [0.1, 0.15) is 6.61 Å². The average Bonchev–Trinajstić information content (AvgIpc) is 3.21. The summed E-state index contributed by atoms with van der Waals surface area (Å²) in [4.78, 5) is 38.4. The first kappa shape index (κ1) is 23.1. The number of fused-ring (bicyclic) bond motifs is 3. The number of alkyl carbamates (subject to hydrolysis) is 1. The van der Waals surface area contributed by atoms with E-state index in [-0.39, 0.29) is 43.5 Å². The summed E-state index contributed by atoms with van der Waals surface area (Å²) in [5.74, 6) is -1.52. The van der Waals surface area contributed by atoms with Crippen LogP contribution in [0.5, 0.6) is 0 Å². The fourth-order valence-electron chi connectivity index (χ4n) is 5.25. The molecule has 0 bridgehead atoms. The van der Waals surface area contributed by atoms with E-state index in [1.54, 1.807) is 4.90 Å². The minimum Gasteiger partial charge on any atom is -0.479 e. The SMILES string of the molecule is O=C(N[C@@H]1C=CC[C@@H](C(=O)N2CCOC(C(=O)O)C2)C1)OCC1c2ccccc2-c2ccccc21. The zero-order chi connectivity index (χ0) is 24.4. The van der Waals surface area contributed by atoms with Crippen molar-refractivity contribution in [2.24, 2.45) is 5.92 Å². The lowest BCUT2D eigenvalue weighted by Gasteiger charge is -2.34. The summed E-state index contributed by atoms with van der Waals surface area (Å²) < 4.78 is 10.8. The summed E-state index contributed by atoms with van der Waals surface area (Å²) in [5.41, 5.74) is 4.63. The Hall–Kier alpha value is -3.65. The standard InChI is InChI=1S/C27H28N2O6/c30-25(29-12-13-34-24(15-29)26(31)32)17-6-5-7-18(14-17)28-27(33)35-16-23-21-10-3-1-8-19(21)20-9-2-4-11-22(20)23/h1-5,7-11,17-18,23-24H,6,12-16H2,(H,28,33)(H,31,32)/t17-,18-,24?/m1/s1. The van der Waals surface area contributed by atoms with Crippen molar-refractivity contribution < 1.29 is 29.0 Å². The molecule has 0 radical (unpaired) electrons. The third-order valence-electron chi connectivity index (χ3n) is 6.98. The van der Waals surface area contributed by atoms with Crippen LogP contribution in [0.15, 0.2) is 60.7 Å². The van der Waals surface area contributed by atoms with Crippen LogP contribution in [-0.2, 0) is 19.1 Å². The van der Waals surface area contributed by atoms with Gasteiger partial charge in [0.15, 0.2) is 6.10 Å².